The maximum Gasteiger partial charge on any atom is 0.251 e. The molecule has 2 atom stereocenters. The Balaban J connectivity index is 1.72. The van der Waals surface area contributed by atoms with Gasteiger partial charge in [0.05, 0.1) is 12.1 Å². The lowest BCUT2D eigenvalue weighted by molar-refractivity contribution is 0.0866. The van der Waals surface area contributed by atoms with Gasteiger partial charge in [0.15, 0.2) is 0 Å². The van der Waals surface area contributed by atoms with Crippen molar-refractivity contribution in [1.82, 2.24) is 5.32 Å². The van der Waals surface area contributed by atoms with Crippen LogP contribution in [-0.2, 0) is 11.2 Å². The van der Waals surface area contributed by atoms with Crippen LogP contribution in [0.1, 0.15) is 29.3 Å². The predicted octanol–water partition coefficient (Wildman–Crippen LogP) is 1.56. The molecule has 2 unspecified atom stereocenters. The van der Waals surface area contributed by atoms with Crippen LogP contribution < -0.4 is 10.6 Å². The van der Waals surface area contributed by atoms with Gasteiger partial charge in [0.25, 0.3) is 5.91 Å². The van der Waals surface area contributed by atoms with Gasteiger partial charge < -0.3 is 15.4 Å². The standard InChI is InChI=1S/C14H18N2O2/c1-9-12(5-7-18-9)16-14(17)11-3-2-10-4-6-15-13(10)8-11/h2-3,8-9,12,15H,4-7H2,1H3,(H,16,17). The molecule has 1 fully saturated rings. The minimum absolute atomic E-state index is 0.00569. The van der Waals surface area contributed by atoms with E-state index in [9.17, 15) is 4.79 Å². The molecule has 0 bridgehead atoms. The summed E-state index contributed by atoms with van der Waals surface area (Å²) < 4.78 is 5.45. The summed E-state index contributed by atoms with van der Waals surface area (Å²) in [7, 11) is 0. The molecule has 2 aliphatic heterocycles. The number of carbonyl (C=O) groups excluding carboxylic acids is 1. The zero-order valence-electron chi connectivity index (χ0n) is 10.5. The van der Waals surface area contributed by atoms with Crippen LogP contribution in [0.15, 0.2) is 18.2 Å². The van der Waals surface area contributed by atoms with Crippen LogP contribution in [0.4, 0.5) is 5.69 Å². The van der Waals surface area contributed by atoms with Gasteiger partial charge in [0.2, 0.25) is 0 Å². The highest BCUT2D eigenvalue weighted by molar-refractivity contribution is 5.95. The predicted molar refractivity (Wildman–Crippen MR) is 69.9 cm³/mol. The Labute approximate surface area is 107 Å². The summed E-state index contributed by atoms with van der Waals surface area (Å²) in [5, 5.41) is 6.34. The van der Waals surface area contributed by atoms with Crippen LogP contribution in [0.25, 0.3) is 0 Å². The summed E-state index contributed by atoms with van der Waals surface area (Å²) >= 11 is 0. The lowest BCUT2D eigenvalue weighted by atomic mass is 10.1. The molecule has 4 heteroatoms. The maximum atomic E-state index is 12.2. The van der Waals surface area contributed by atoms with Crippen molar-refractivity contribution in [2.24, 2.45) is 0 Å². The Morgan fingerprint density at radius 1 is 1.50 bits per heavy atom. The van der Waals surface area contributed by atoms with Crippen LogP contribution >= 0.6 is 0 Å². The normalized spacial score (nSPS) is 25.6. The molecule has 0 saturated carbocycles. The monoisotopic (exact) mass is 246 g/mol. The van der Waals surface area contributed by atoms with Crippen LogP contribution in [0.5, 0.6) is 0 Å². The summed E-state index contributed by atoms with van der Waals surface area (Å²) in [5.74, 6) is -0.00569. The summed E-state index contributed by atoms with van der Waals surface area (Å²) in [4.78, 5) is 12.2. The van der Waals surface area contributed by atoms with Crippen LogP contribution in [0.3, 0.4) is 0 Å². The van der Waals surface area contributed by atoms with E-state index in [2.05, 4.69) is 10.6 Å². The Kier molecular flexibility index (Phi) is 2.96. The van der Waals surface area contributed by atoms with Gasteiger partial charge in [-0.2, -0.15) is 0 Å². The van der Waals surface area contributed by atoms with Crippen molar-refractivity contribution in [3.8, 4) is 0 Å². The lowest BCUT2D eigenvalue weighted by Crippen LogP contribution is -2.39. The van der Waals surface area contributed by atoms with E-state index >= 15 is 0 Å². The number of ether oxygens (including phenoxy) is 1. The Morgan fingerprint density at radius 3 is 3.17 bits per heavy atom. The molecular formula is C14H18N2O2. The number of nitrogens with one attached hydrogen (secondary N) is 2. The minimum atomic E-state index is -0.00569. The van der Waals surface area contributed by atoms with E-state index < -0.39 is 0 Å². The molecule has 1 saturated heterocycles. The summed E-state index contributed by atoms with van der Waals surface area (Å²) in [6.07, 6.45) is 2.06. The molecule has 18 heavy (non-hydrogen) atoms. The first kappa shape index (κ1) is 11.5. The van der Waals surface area contributed by atoms with Gasteiger partial charge in [-0.3, -0.25) is 4.79 Å². The number of carbonyl (C=O) groups is 1. The third-order valence-electron chi connectivity index (χ3n) is 3.77. The van der Waals surface area contributed by atoms with Gasteiger partial charge in [0, 0.05) is 24.4 Å². The Hall–Kier alpha value is -1.55. The lowest BCUT2D eigenvalue weighted by Gasteiger charge is -2.16. The first-order valence-electron chi connectivity index (χ1n) is 6.53. The minimum Gasteiger partial charge on any atom is -0.384 e. The topological polar surface area (TPSA) is 50.4 Å². The smallest absolute Gasteiger partial charge is 0.251 e. The molecule has 3 rings (SSSR count). The molecule has 1 aromatic carbocycles. The molecule has 2 aliphatic rings. The van der Waals surface area contributed by atoms with E-state index in [1.54, 1.807) is 0 Å². The zero-order valence-corrected chi connectivity index (χ0v) is 10.5. The maximum absolute atomic E-state index is 12.2. The van der Waals surface area contributed by atoms with Gasteiger partial charge in [-0.15, -0.1) is 0 Å². The van der Waals surface area contributed by atoms with E-state index in [-0.39, 0.29) is 18.1 Å². The highest BCUT2D eigenvalue weighted by Gasteiger charge is 2.26. The van der Waals surface area contributed by atoms with Crippen LogP contribution in [-0.4, -0.2) is 31.2 Å². The molecule has 0 spiro atoms. The molecule has 2 heterocycles. The third kappa shape index (κ3) is 2.08. The Morgan fingerprint density at radius 2 is 2.39 bits per heavy atom. The fraction of sp³-hybridized carbons (Fsp3) is 0.500. The molecule has 0 aliphatic carbocycles. The number of benzene rings is 1. The molecule has 0 radical (unpaired) electrons. The van der Waals surface area contributed by atoms with Gasteiger partial charge in [-0.1, -0.05) is 6.07 Å². The molecule has 1 aromatic rings. The second-order valence-corrected chi connectivity index (χ2v) is 4.99. The second-order valence-electron chi connectivity index (χ2n) is 4.99. The number of anilines is 1. The average molecular weight is 246 g/mol. The molecule has 2 N–H and O–H groups in total. The van der Waals surface area contributed by atoms with E-state index in [0.29, 0.717) is 0 Å². The highest BCUT2D eigenvalue weighted by Crippen LogP contribution is 2.23. The number of hydrogen-bond donors (Lipinski definition) is 2. The zero-order chi connectivity index (χ0) is 12.5. The SMILES string of the molecule is CC1OCCC1NC(=O)c1ccc2c(c1)NCC2. The second kappa shape index (κ2) is 4.61. The van der Waals surface area contributed by atoms with Crippen molar-refractivity contribution in [1.29, 1.82) is 0 Å². The fourth-order valence-electron chi connectivity index (χ4n) is 2.61. The van der Waals surface area contributed by atoms with Crippen molar-refractivity contribution >= 4 is 11.6 Å². The summed E-state index contributed by atoms with van der Waals surface area (Å²) in [6.45, 7) is 3.70. The van der Waals surface area contributed by atoms with Gasteiger partial charge >= 0.3 is 0 Å². The number of amides is 1. The van der Waals surface area contributed by atoms with Crippen LogP contribution in [0, 0.1) is 0 Å². The van der Waals surface area contributed by atoms with Gasteiger partial charge in [-0.05, 0) is 37.5 Å². The van der Waals surface area contributed by atoms with Crippen molar-refractivity contribution in [3.05, 3.63) is 29.3 Å². The first-order valence-corrected chi connectivity index (χ1v) is 6.53. The van der Waals surface area contributed by atoms with Crippen molar-refractivity contribution in [2.45, 2.75) is 31.9 Å². The van der Waals surface area contributed by atoms with E-state index in [1.807, 2.05) is 25.1 Å². The van der Waals surface area contributed by atoms with Crippen molar-refractivity contribution < 1.29 is 9.53 Å². The average Bonchev–Trinajstić information content (AvgIpc) is 2.98. The number of fused-ring (bicyclic) bond motifs is 1. The molecule has 0 aromatic heterocycles. The molecular weight excluding hydrogens is 228 g/mol. The van der Waals surface area contributed by atoms with Crippen molar-refractivity contribution in [2.75, 3.05) is 18.5 Å². The molecule has 96 valence electrons. The highest BCUT2D eigenvalue weighted by atomic mass is 16.5. The fourth-order valence-corrected chi connectivity index (χ4v) is 2.61. The summed E-state index contributed by atoms with van der Waals surface area (Å²) in [6, 6.07) is 6.03. The number of rotatable bonds is 2. The van der Waals surface area contributed by atoms with E-state index in [1.165, 1.54) is 5.56 Å². The van der Waals surface area contributed by atoms with Gasteiger partial charge in [-0.25, -0.2) is 0 Å². The van der Waals surface area contributed by atoms with Gasteiger partial charge in [0.1, 0.15) is 0 Å². The van der Waals surface area contributed by atoms with E-state index in [0.717, 1.165) is 37.2 Å². The Bertz CT molecular complexity index is 473. The van der Waals surface area contributed by atoms with Crippen molar-refractivity contribution in [3.63, 3.8) is 0 Å². The van der Waals surface area contributed by atoms with Crippen LogP contribution in [0.2, 0.25) is 0 Å². The van der Waals surface area contributed by atoms with E-state index in [4.69, 9.17) is 4.74 Å². The molecule has 1 amide bonds. The number of hydrogen-bond acceptors (Lipinski definition) is 3. The third-order valence-corrected chi connectivity index (χ3v) is 3.77. The summed E-state index contributed by atoms with van der Waals surface area (Å²) in [5.41, 5.74) is 3.12. The largest absolute Gasteiger partial charge is 0.384 e. The quantitative estimate of drug-likeness (QED) is 0.832. The molecule has 4 nitrogen and oxygen atoms in total. The first-order chi connectivity index (χ1) is 8.74.